The summed E-state index contributed by atoms with van der Waals surface area (Å²) in [7, 11) is 0. The SMILES string of the molecule is Cc1nc2n(c1Br)CCN(C(=O)c1nnn3ccccc13)C2C. The first-order valence-electron chi connectivity index (χ1n) is 7.41. The summed E-state index contributed by atoms with van der Waals surface area (Å²) >= 11 is 3.56. The van der Waals surface area contributed by atoms with Gasteiger partial charge in [-0.15, -0.1) is 5.10 Å². The highest BCUT2D eigenvalue weighted by atomic mass is 79.9. The maximum Gasteiger partial charge on any atom is 0.277 e. The molecule has 118 valence electrons. The number of pyridine rings is 1. The minimum Gasteiger partial charge on any atom is -0.325 e. The smallest absolute Gasteiger partial charge is 0.277 e. The van der Waals surface area contributed by atoms with Crippen molar-refractivity contribution in [3.63, 3.8) is 0 Å². The molecule has 1 unspecified atom stereocenters. The zero-order valence-electron chi connectivity index (χ0n) is 12.8. The topological polar surface area (TPSA) is 68.3 Å². The van der Waals surface area contributed by atoms with Crippen LogP contribution in [0.15, 0.2) is 29.0 Å². The molecule has 4 heterocycles. The summed E-state index contributed by atoms with van der Waals surface area (Å²) in [6, 6.07) is 5.48. The fraction of sp³-hybridized carbons (Fsp3) is 0.333. The average Bonchev–Trinajstić information content (AvgIpc) is 3.10. The first-order chi connectivity index (χ1) is 11.1. The predicted octanol–water partition coefficient (Wildman–Crippen LogP) is 2.21. The van der Waals surface area contributed by atoms with Crippen molar-refractivity contribution < 1.29 is 4.79 Å². The third kappa shape index (κ3) is 2.08. The van der Waals surface area contributed by atoms with E-state index in [1.54, 1.807) is 10.7 Å². The maximum atomic E-state index is 12.9. The van der Waals surface area contributed by atoms with E-state index in [0.29, 0.717) is 18.8 Å². The van der Waals surface area contributed by atoms with E-state index in [1.165, 1.54) is 0 Å². The van der Waals surface area contributed by atoms with Crippen molar-refractivity contribution in [1.29, 1.82) is 0 Å². The number of hydrogen-bond donors (Lipinski definition) is 0. The van der Waals surface area contributed by atoms with Crippen LogP contribution in [0, 0.1) is 6.92 Å². The summed E-state index contributed by atoms with van der Waals surface area (Å²) in [4.78, 5) is 19.3. The van der Waals surface area contributed by atoms with Gasteiger partial charge in [0.05, 0.1) is 17.3 Å². The Labute approximate surface area is 141 Å². The van der Waals surface area contributed by atoms with E-state index in [9.17, 15) is 4.79 Å². The molecular weight excluding hydrogens is 360 g/mol. The van der Waals surface area contributed by atoms with Gasteiger partial charge in [0.15, 0.2) is 5.69 Å². The third-order valence-corrected chi connectivity index (χ3v) is 5.29. The maximum absolute atomic E-state index is 12.9. The highest BCUT2D eigenvalue weighted by Gasteiger charge is 2.33. The molecule has 7 nitrogen and oxygen atoms in total. The third-order valence-electron chi connectivity index (χ3n) is 4.29. The van der Waals surface area contributed by atoms with Crippen molar-refractivity contribution in [2.75, 3.05) is 6.54 Å². The van der Waals surface area contributed by atoms with Crippen LogP contribution in [0.25, 0.3) is 5.52 Å². The predicted molar refractivity (Wildman–Crippen MR) is 87.1 cm³/mol. The van der Waals surface area contributed by atoms with Crippen LogP contribution in [-0.2, 0) is 6.54 Å². The summed E-state index contributed by atoms with van der Waals surface area (Å²) in [6.45, 7) is 5.29. The van der Waals surface area contributed by atoms with E-state index in [0.717, 1.165) is 21.6 Å². The molecule has 0 bridgehead atoms. The van der Waals surface area contributed by atoms with Gasteiger partial charge in [-0.05, 0) is 41.9 Å². The summed E-state index contributed by atoms with van der Waals surface area (Å²) in [5.41, 5.74) is 2.04. The molecule has 0 N–H and O–H groups in total. The molecule has 8 heteroatoms. The number of halogens is 1. The molecule has 1 atom stereocenters. The van der Waals surface area contributed by atoms with Gasteiger partial charge in [-0.3, -0.25) is 4.79 Å². The minimum absolute atomic E-state index is 0.110. The average molecular weight is 375 g/mol. The Morgan fingerprint density at radius 1 is 1.35 bits per heavy atom. The second kappa shape index (κ2) is 5.16. The van der Waals surface area contributed by atoms with Gasteiger partial charge in [-0.2, -0.15) is 0 Å². The lowest BCUT2D eigenvalue weighted by Crippen LogP contribution is -2.41. The molecule has 0 aromatic carbocycles. The molecule has 3 aromatic rings. The highest BCUT2D eigenvalue weighted by molar-refractivity contribution is 9.10. The van der Waals surface area contributed by atoms with Crippen LogP contribution in [0.1, 0.15) is 35.0 Å². The zero-order chi connectivity index (χ0) is 16.1. The lowest BCUT2D eigenvalue weighted by atomic mass is 10.2. The summed E-state index contributed by atoms with van der Waals surface area (Å²) in [6.07, 6.45) is 1.78. The van der Waals surface area contributed by atoms with Gasteiger partial charge >= 0.3 is 0 Å². The fourth-order valence-corrected chi connectivity index (χ4v) is 3.50. The molecule has 1 aliphatic rings. The summed E-state index contributed by atoms with van der Waals surface area (Å²) < 4.78 is 4.72. The number of hydrogen-bond acceptors (Lipinski definition) is 4. The second-order valence-corrected chi connectivity index (χ2v) is 6.39. The second-order valence-electron chi connectivity index (χ2n) is 5.64. The molecule has 1 aliphatic heterocycles. The minimum atomic E-state index is -0.110. The van der Waals surface area contributed by atoms with Gasteiger partial charge in [0, 0.05) is 19.3 Å². The van der Waals surface area contributed by atoms with E-state index in [4.69, 9.17) is 0 Å². The number of aryl methyl sites for hydroxylation is 1. The Hall–Kier alpha value is -2.22. The normalized spacial score (nSPS) is 17.5. The summed E-state index contributed by atoms with van der Waals surface area (Å²) in [5.74, 6) is 0.784. The van der Waals surface area contributed by atoms with Gasteiger partial charge in [0.25, 0.3) is 5.91 Å². The largest absolute Gasteiger partial charge is 0.325 e. The number of amides is 1. The fourth-order valence-electron chi connectivity index (χ4n) is 3.06. The first-order valence-corrected chi connectivity index (χ1v) is 8.20. The standard InChI is InChI=1S/C15H15BrN6O/c1-9-13(16)21-8-7-20(10(2)14(21)17-9)15(23)12-11-5-3-4-6-22(11)19-18-12/h3-6,10H,7-8H2,1-2H3. The molecule has 4 rings (SSSR count). The quantitative estimate of drug-likeness (QED) is 0.654. The Morgan fingerprint density at radius 2 is 2.17 bits per heavy atom. The Bertz CT molecular complexity index is 914. The van der Waals surface area contributed by atoms with Crippen molar-refractivity contribution in [2.24, 2.45) is 0 Å². The Kier molecular flexibility index (Phi) is 3.22. The van der Waals surface area contributed by atoms with E-state index >= 15 is 0 Å². The van der Waals surface area contributed by atoms with Crippen molar-refractivity contribution in [3.05, 3.63) is 46.2 Å². The van der Waals surface area contributed by atoms with Crippen LogP contribution in [0.5, 0.6) is 0 Å². The first kappa shape index (κ1) is 14.4. The van der Waals surface area contributed by atoms with Crippen LogP contribution in [0.4, 0.5) is 0 Å². The number of rotatable bonds is 1. The zero-order valence-corrected chi connectivity index (χ0v) is 14.4. The molecule has 0 fully saturated rings. The van der Waals surface area contributed by atoms with Crippen molar-refractivity contribution in [1.82, 2.24) is 29.3 Å². The number of imidazole rings is 1. The van der Waals surface area contributed by atoms with Crippen LogP contribution >= 0.6 is 15.9 Å². The molecule has 0 aliphatic carbocycles. The molecule has 0 saturated heterocycles. The number of aromatic nitrogens is 5. The number of carbonyl (C=O) groups excluding carboxylic acids is 1. The number of carbonyl (C=O) groups is 1. The van der Waals surface area contributed by atoms with Crippen LogP contribution in [0.3, 0.4) is 0 Å². The van der Waals surface area contributed by atoms with Crippen molar-refractivity contribution >= 4 is 27.4 Å². The Morgan fingerprint density at radius 3 is 3.00 bits per heavy atom. The van der Waals surface area contributed by atoms with Gasteiger partial charge in [0.2, 0.25) is 0 Å². The van der Waals surface area contributed by atoms with Crippen LogP contribution in [0.2, 0.25) is 0 Å². The lowest BCUT2D eigenvalue weighted by molar-refractivity contribution is 0.0632. The molecule has 1 amide bonds. The number of nitrogens with zero attached hydrogens (tertiary/aromatic N) is 6. The molecule has 0 spiro atoms. The van der Waals surface area contributed by atoms with E-state index in [-0.39, 0.29) is 11.9 Å². The van der Waals surface area contributed by atoms with Crippen LogP contribution < -0.4 is 0 Å². The van der Waals surface area contributed by atoms with Crippen LogP contribution in [-0.4, -0.2) is 41.7 Å². The van der Waals surface area contributed by atoms with Gasteiger partial charge < -0.3 is 9.47 Å². The van der Waals surface area contributed by atoms with E-state index in [2.05, 4.69) is 35.8 Å². The molecule has 0 radical (unpaired) electrons. The summed E-state index contributed by atoms with van der Waals surface area (Å²) in [5, 5.41) is 8.08. The van der Waals surface area contributed by atoms with Gasteiger partial charge in [-0.25, -0.2) is 9.50 Å². The highest BCUT2D eigenvalue weighted by Crippen LogP contribution is 2.30. The van der Waals surface area contributed by atoms with Crippen molar-refractivity contribution in [3.8, 4) is 0 Å². The van der Waals surface area contributed by atoms with E-state index in [1.807, 2.05) is 36.9 Å². The van der Waals surface area contributed by atoms with Crippen molar-refractivity contribution in [2.45, 2.75) is 26.4 Å². The van der Waals surface area contributed by atoms with Gasteiger partial charge in [0.1, 0.15) is 10.4 Å². The molecule has 0 saturated carbocycles. The monoisotopic (exact) mass is 374 g/mol. The molecular formula is C15H15BrN6O. The van der Waals surface area contributed by atoms with Gasteiger partial charge in [-0.1, -0.05) is 11.3 Å². The molecule has 23 heavy (non-hydrogen) atoms. The number of fused-ring (bicyclic) bond motifs is 2. The van der Waals surface area contributed by atoms with E-state index < -0.39 is 0 Å². The molecule has 3 aromatic heterocycles. The lowest BCUT2D eigenvalue weighted by Gasteiger charge is -2.33. The Balaban J connectivity index is 1.72.